The SMILES string of the molecule is CC(C)(C)N1CC=C[C@]23O[C@@]4(C)C=CCN(Cc5ccccc5)C(=O)[C@H]4[C@H]2C(=O)N(CCCO)C3C1=O. The van der Waals surface area contributed by atoms with E-state index in [-0.39, 0.29) is 30.9 Å². The van der Waals surface area contributed by atoms with Gasteiger partial charge in [-0.1, -0.05) is 54.6 Å². The van der Waals surface area contributed by atoms with Gasteiger partial charge < -0.3 is 24.5 Å². The van der Waals surface area contributed by atoms with Gasteiger partial charge in [-0.2, -0.15) is 0 Å². The molecule has 0 bridgehead atoms. The van der Waals surface area contributed by atoms with Crippen molar-refractivity contribution in [1.29, 1.82) is 0 Å². The number of nitrogens with zero attached hydrogens (tertiary/aromatic N) is 3. The van der Waals surface area contributed by atoms with Crippen molar-refractivity contribution in [3.8, 4) is 0 Å². The number of amides is 3. The van der Waals surface area contributed by atoms with E-state index in [1.54, 1.807) is 14.7 Å². The highest BCUT2D eigenvalue weighted by atomic mass is 16.5. The van der Waals surface area contributed by atoms with Gasteiger partial charge in [-0.25, -0.2) is 0 Å². The lowest BCUT2D eigenvalue weighted by atomic mass is 9.74. The minimum atomic E-state index is -1.27. The van der Waals surface area contributed by atoms with E-state index < -0.39 is 34.6 Å². The summed E-state index contributed by atoms with van der Waals surface area (Å²) in [4.78, 5) is 47.6. The van der Waals surface area contributed by atoms with Crippen LogP contribution >= 0.6 is 0 Å². The van der Waals surface area contributed by atoms with Crippen LogP contribution in [0.5, 0.6) is 0 Å². The van der Waals surface area contributed by atoms with E-state index in [1.807, 2.05) is 82.3 Å². The molecule has 1 spiro atoms. The Morgan fingerprint density at radius 3 is 2.35 bits per heavy atom. The van der Waals surface area contributed by atoms with Gasteiger partial charge in [-0.3, -0.25) is 14.4 Å². The van der Waals surface area contributed by atoms with Gasteiger partial charge in [-0.05, 0) is 39.7 Å². The zero-order valence-electron chi connectivity index (χ0n) is 22.1. The third-order valence-corrected chi connectivity index (χ3v) is 8.22. The molecular formula is C29H37N3O5. The summed E-state index contributed by atoms with van der Waals surface area (Å²) in [5, 5.41) is 9.55. The van der Waals surface area contributed by atoms with Crippen molar-refractivity contribution < 1.29 is 24.2 Å². The molecule has 5 atom stereocenters. The maximum Gasteiger partial charge on any atom is 0.249 e. The van der Waals surface area contributed by atoms with Crippen molar-refractivity contribution in [2.45, 2.75) is 63.4 Å². The Kier molecular flexibility index (Phi) is 6.31. The maximum absolute atomic E-state index is 14.2. The van der Waals surface area contributed by atoms with Gasteiger partial charge in [-0.15, -0.1) is 0 Å². The normalized spacial score (nSPS) is 33.4. The van der Waals surface area contributed by atoms with Crippen LogP contribution in [0, 0.1) is 11.8 Å². The van der Waals surface area contributed by atoms with Crippen LogP contribution in [0.25, 0.3) is 0 Å². The second-order valence-corrected chi connectivity index (χ2v) is 11.7. The van der Waals surface area contributed by atoms with Crippen LogP contribution in [0.3, 0.4) is 0 Å². The number of likely N-dealkylation sites (tertiary alicyclic amines) is 1. The summed E-state index contributed by atoms with van der Waals surface area (Å²) in [5.41, 5.74) is -1.76. The highest BCUT2D eigenvalue weighted by Gasteiger charge is 2.74. The molecule has 2 saturated heterocycles. The standard InChI is InChI=1S/C29H37N3O5/c1-27(2,3)32-17-9-14-29-22(25(35)31(16-10-18-33)23(29)26(32)36)21-24(34)30(15-8-13-28(21,4)37-29)19-20-11-6-5-7-12-20/h5-9,11-14,21-23,33H,10,15-19H2,1-4H3/t21-,22+,23?,28+,29+/m1/s1. The quantitative estimate of drug-likeness (QED) is 0.617. The van der Waals surface area contributed by atoms with E-state index in [0.717, 1.165) is 5.56 Å². The second-order valence-electron chi connectivity index (χ2n) is 11.7. The molecule has 1 aromatic rings. The molecule has 4 aliphatic heterocycles. The molecule has 0 saturated carbocycles. The highest BCUT2D eigenvalue weighted by Crippen LogP contribution is 2.57. The van der Waals surface area contributed by atoms with Crippen LogP contribution in [0.15, 0.2) is 54.6 Å². The summed E-state index contributed by atoms with van der Waals surface area (Å²) in [6.45, 7) is 9.13. The molecule has 0 aliphatic carbocycles. The fraction of sp³-hybridized carbons (Fsp3) is 0.552. The lowest BCUT2D eigenvalue weighted by Gasteiger charge is -2.41. The number of carbonyl (C=O) groups is 3. The smallest absolute Gasteiger partial charge is 0.249 e. The van der Waals surface area contributed by atoms with E-state index in [2.05, 4.69) is 0 Å². The number of rotatable bonds is 5. The van der Waals surface area contributed by atoms with E-state index in [0.29, 0.717) is 26.1 Å². The van der Waals surface area contributed by atoms with Crippen molar-refractivity contribution in [2.24, 2.45) is 11.8 Å². The molecule has 1 aromatic carbocycles. The van der Waals surface area contributed by atoms with Gasteiger partial charge in [0.2, 0.25) is 17.7 Å². The number of hydrogen-bond donors (Lipinski definition) is 1. The summed E-state index contributed by atoms with van der Waals surface area (Å²) in [7, 11) is 0. The average molecular weight is 508 g/mol. The van der Waals surface area contributed by atoms with Crippen molar-refractivity contribution >= 4 is 17.7 Å². The average Bonchev–Trinajstić information content (AvgIpc) is 3.10. The van der Waals surface area contributed by atoms with Gasteiger partial charge in [0.1, 0.15) is 11.6 Å². The molecular weight excluding hydrogens is 470 g/mol. The number of carbonyl (C=O) groups excluding carboxylic acids is 3. The Morgan fingerprint density at radius 1 is 0.973 bits per heavy atom. The van der Waals surface area contributed by atoms with Crippen LogP contribution in [0.1, 0.15) is 39.7 Å². The molecule has 8 heteroatoms. The first kappa shape index (κ1) is 25.7. The highest BCUT2D eigenvalue weighted by molar-refractivity contribution is 6.00. The third-order valence-electron chi connectivity index (χ3n) is 8.22. The van der Waals surface area contributed by atoms with E-state index in [1.165, 1.54) is 0 Å². The number of hydrogen-bond acceptors (Lipinski definition) is 5. The number of aliphatic hydroxyl groups excluding tert-OH is 1. The van der Waals surface area contributed by atoms with Gasteiger partial charge in [0.25, 0.3) is 0 Å². The van der Waals surface area contributed by atoms with Crippen molar-refractivity contribution in [3.05, 3.63) is 60.2 Å². The minimum absolute atomic E-state index is 0.101. The molecule has 5 rings (SSSR count). The molecule has 4 heterocycles. The van der Waals surface area contributed by atoms with E-state index in [9.17, 15) is 19.5 Å². The lowest BCUT2D eigenvalue weighted by Crippen LogP contribution is -2.59. The Morgan fingerprint density at radius 2 is 1.68 bits per heavy atom. The first-order chi connectivity index (χ1) is 17.5. The van der Waals surface area contributed by atoms with E-state index in [4.69, 9.17) is 4.74 Å². The zero-order chi connectivity index (χ0) is 26.6. The molecule has 8 nitrogen and oxygen atoms in total. The fourth-order valence-corrected chi connectivity index (χ4v) is 6.60. The lowest BCUT2D eigenvalue weighted by molar-refractivity contribution is -0.155. The van der Waals surface area contributed by atoms with Crippen LogP contribution in [0.2, 0.25) is 0 Å². The number of aliphatic hydroxyl groups is 1. The van der Waals surface area contributed by atoms with Gasteiger partial charge in [0, 0.05) is 38.3 Å². The Bertz CT molecular complexity index is 1140. The molecule has 4 aliphatic rings. The monoisotopic (exact) mass is 507 g/mol. The van der Waals surface area contributed by atoms with Crippen LogP contribution in [-0.2, 0) is 25.7 Å². The minimum Gasteiger partial charge on any atom is -0.396 e. The molecule has 37 heavy (non-hydrogen) atoms. The summed E-state index contributed by atoms with van der Waals surface area (Å²) >= 11 is 0. The summed E-state index contributed by atoms with van der Waals surface area (Å²) in [6.07, 6.45) is 7.95. The molecule has 0 radical (unpaired) electrons. The Balaban J connectivity index is 1.59. The first-order valence-corrected chi connectivity index (χ1v) is 13.1. The number of fused-ring (bicyclic) bond motifs is 2. The Labute approximate surface area is 218 Å². The van der Waals surface area contributed by atoms with Crippen molar-refractivity contribution in [1.82, 2.24) is 14.7 Å². The molecule has 1 N–H and O–H groups in total. The van der Waals surface area contributed by atoms with Crippen LogP contribution in [-0.4, -0.2) is 86.6 Å². The molecule has 198 valence electrons. The molecule has 2 fully saturated rings. The number of ether oxygens (including phenoxy) is 1. The maximum atomic E-state index is 14.2. The second kappa shape index (κ2) is 9.10. The number of benzene rings is 1. The van der Waals surface area contributed by atoms with Gasteiger partial charge in [0.05, 0.1) is 17.4 Å². The molecule has 1 unspecified atom stereocenters. The summed E-state index contributed by atoms with van der Waals surface area (Å²) < 4.78 is 6.82. The van der Waals surface area contributed by atoms with Crippen LogP contribution in [0.4, 0.5) is 0 Å². The summed E-state index contributed by atoms with van der Waals surface area (Å²) in [5.74, 6) is -2.21. The summed E-state index contributed by atoms with van der Waals surface area (Å²) in [6, 6.07) is 8.89. The fourth-order valence-electron chi connectivity index (χ4n) is 6.60. The van der Waals surface area contributed by atoms with E-state index >= 15 is 0 Å². The zero-order valence-corrected chi connectivity index (χ0v) is 22.1. The largest absolute Gasteiger partial charge is 0.396 e. The Hall–Kier alpha value is -2.97. The van der Waals surface area contributed by atoms with Gasteiger partial charge in [0.15, 0.2) is 0 Å². The predicted molar refractivity (Wildman–Crippen MR) is 138 cm³/mol. The van der Waals surface area contributed by atoms with Gasteiger partial charge >= 0.3 is 0 Å². The predicted octanol–water partition coefficient (Wildman–Crippen LogP) is 2.14. The van der Waals surface area contributed by atoms with Crippen molar-refractivity contribution in [2.75, 3.05) is 26.2 Å². The molecule has 3 amide bonds. The van der Waals surface area contributed by atoms with Crippen LogP contribution < -0.4 is 0 Å². The van der Waals surface area contributed by atoms with Crippen molar-refractivity contribution in [3.63, 3.8) is 0 Å². The first-order valence-electron chi connectivity index (χ1n) is 13.1. The third kappa shape index (κ3) is 4.01. The topological polar surface area (TPSA) is 90.4 Å². The molecule has 0 aromatic heterocycles.